The molecule has 0 bridgehead atoms. The second-order valence-electron chi connectivity index (χ2n) is 18.9. The predicted molar refractivity (Wildman–Crippen MR) is 257 cm³/mol. The lowest BCUT2D eigenvalue weighted by Crippen LogP contribution is -2.39. The van der Waals surface area contributed by atoms with Crippen molar-refractivity contribution in [3.8, 4) is 11.5 Å². The molecule has 1 unspecified atom stereocenters. The first kappa shape index (κ1) is 48.8. The molecule has 3 amide bonds. The lowest BCUT2D eigenvalue weighted by atomic mass is 9.72. The summed E-state index contributed by atoms with van der Waals surface area (Å²) in [5.74, 6) is -0.179. The zero-order chi connectivity index (χ0) is 45.9. The first-order valence-corrected chi connectivity index (χ1v) is 22.8. The fourth-order valence-electron chi connectivity index (χ4n) is 7.54. The Kier molecular flexibility index (Phi) is 15.2. The van der Waals surface area contributed by atoms with Crippen molar-refractivity contribution in [3.05, 3.63) is 110 Å². The summed E-state index contributed by atoms with van der Waals surface area (Å²) in [6, 6.07) is 21.6. The van der Waals surface area contributed by atoms with Gasteiger partial charge in [-0.25, -0.2) is 0 Å². The fraction of sp³-hybridized carbons (Fsp3) is 0.429. The molecule has 4 aromatic rings. The van der Waals surface area contributed by atoms with E-state index in [2.05, 4.69) is 104 Å². The van der Waals surface area contributed by atoms with Crippen molar-refractivity contribution < 1.29 is 23.9 Å². The average Bonchev–Trinajstić information content (AvgIpc) is 3.48. The molecule has 9 nitrogen and oxygen atoms in total. The Morgan fingerprint density at radius 1 is 0.774 bits per heavy atom. The second-order valence-corrected chi connectivity index (χ2v) is 21.3. The van der Waals surface area contributed by atoms with Gasteiger partial charge < -0.3 is 20.1 Å². The normalized spacial score (nSPS) is 14.8. The summed E-state index contributed by atoms with van der Waals surface area (Å²) < 4.78 is 11.9. The summed E-state index contributed by atoms with van der Waals surface area (Å²) in [5.41, 5.74) is 3.72. The quantitative estimate of drug-likeness (QED) is 0.123. The van der Waals surface area contributed by atoms with Crippen molar-refractivity contribution >= 4 is 81.5 Å². The van der Waals surface area contributed by atoms with Crippen LogP contribution in [0.1, 0.15) is 122 Å². The molecular weight excluding hydrogens is 863 g/mol. The number of carbonyl (C=O) groups is 3. The van der Waals surface area contributed by atoms with Crippen LogP contribution in [0.15, 0.2) is 82.8 Å². The van der Waals surface area contributed by atoms with E-state index in [1.807, 2.05) is 24.3 Å². The molecular formula is C49H59Cl3N4O5S. The number of rotatable bonds is 15. The standard InChI is InChI=1S/C49H59Cl3N4O5S/c1-13-47(6,7)30-18-20-37(34(23-30)48(8,9)14-2)61-27-40(57)53-33-17-15-16-29(22-33)44(58)54-43-42(45(59)56(55-43)41-35(51)25-32(50)26-36(41)52)62-39-24-31(19-21-38(39)60-12)49(10,11)28-46(3,4)5/h15-26,42H,13-14,27-28H2,1-12H3,(H,53,57)(H,54,55,58). The van der Waals surface area contributed by atoms with Gasteiger partial charge in [0.2, 0.25) is 0 Å². The number of nitrogens with zero attached hydrogens (tertiary/aromatic N) is 2. The minimum atomic E-state index is -1.04. The number of nitrogens with one attached hydrogen (secondary N) is 2. The molecule has 2 N–H and O–H groups in total. The van der Waals surface area contributed by atoms with E-state index in [1.165, 1.54) is 29.5 Å². The topological polar surface area (TPSA) is 109 Å². The molecule has 13 heteroatoms. The monoisotopic (exact) mass is 920 g/mol. The summed E-state index contributed by atoms with van der Waals surface area (Å²) in [6.45, 7) is 23.9. The zero-order valence-electron chi connectivity index (χ0n) is 37.8. The summed E-state index contributed by atoms with van der Waals surface area (Å²) >= 11 is 20.6. The first-order valence-electron chi connectivity index (χ1n) is 20.8. The molecule has 0 fully saturated rings. The third kappa shape index (κ3) is 11.5. The molecule has 4 aromatic carbocycles. The Morgan fingerprint density at radius 2 is 1.39 bits per heavy atom. The molecule has 0 aliphatic carbocycles. The first-order chi connectivity index (χ1) is 28.9. The van der Waals surface area contributed by atoms with Crippen LogP contribution in [0.2, 0.25) is 15.1 Å². The number of amides is 3. The summed E-state index contributed by atoms with van der Waals surface area (Å²) in [6.07, 6.45) is 2.77. The molecule has 0 aromatic heterocycles. The predicted octanol–water partition coefficient (Wildman–Crippen LogP) is 13.0. The van der Waals surface area contributed by atoms with Crippen molar-refractivity contribution in [3.63, 3.8) is 0 Å². The van der Waals surface area contributed by atoms with E-state index in [0.717, 1.165) is 35.4 Å². The maximum Gasteiger partial charge on any atom is 0.268 e. The van der Waals surface area contributed by atoms with Gasteiger partial charge in [0, 0.05) is 21.8 Å². The number of halogens is 3. The number of hydrazone groups is 1. The van der Waals surface area contributed by atoms with Crippen molar-refractivity contribution in [2.45, 2.75) is 122 Å². The van der Waals surface area contributed by atoms with Crippen molar-refractivity contribution in [1.29, 1.82) is 0 Å². The number of ether oxygens (including phenoxy) is 2. The number of benzene rings is 4. The van der Waals surface area contributed by atoms with Gasteiger partial charge in [0.25, 0.3) is 17.7 Å². The Balaban J connectivity index is 1.40. The third-order valence-corrected chi connectivity index (χ3v) is 13.5. The minimum Gasteiger partial charge on any atom is -0.496 e. The van der Waals surface area contributed by atoms with Crippen LogP contribution in [-0.2, 0) is 25.8 Å². The molecule has 332 valence electrons. The van der Waals surface area contributed by atoms with Crippen molar-refractivity contribution in [2.24, 2.45) is 10.5 Å². The number of amidine groups is 1. The summed E-state index contributed by atoms with van der Waals surface area (Å²) in [4.78, 5) is 42.4. The molecule has 1 heterocycles. The van der Waals surface area contributed by atoms with Crippen LogP contribution in [0.4, 0.5) is 11.4 Å². The molecule has 5 rings (SSSR count). The fourth-order valence-corrected chi connectivity index (χ4v) is 9.66. The number of anilines is 2. The maximum absolute atomic E-state index is 14.4. The third-order valence-electron chi connectivity index (χ3n) is 11.5. The molecule has 62 heavy (non-hydrogen) atoms. The van der Waals surface area contributed by atoms with Crippen LogP contribution in [-0.4, -0.2) is 42.5 Å². The summed E-state index contributed by atoms with van der Waals surface area (Å²) in [7, 11) is 1.57. The van der Waals surface area contributed by atoms with E-state index < -0.39 is 23.0 Å². The lowest BCUT2D eigenvalue weighted by molar-refractivity contribution is -0.118. The van der Waals surface area contributed by atoms with Crippen molar-refractivity contribution in [1.82, 2.24) is 5.32 Å². The Labute approximate surface area is 386 Å². The van der Waals surface area contributed by atoms with Gasteiger partial charge in [0.15, 0.2) is 17.7 Å². The number of hydrogen-bond donors (Lipinski definition) is 2. The maximum atomic E-state index is 14.4. The van der Waals surface area contributed by atoms with E-state index in [1.54, 1.807) is 31.4 Å². The van der Waals surface area contributed by atoms with Gasteiger partial charge >= 0.3 is 0 Å². The molecule has 0 saturated carbocycles. The number of hydrogen-bond acceptors (Lipinski definition) is 7. The van der Waals surface area contributed by atoms with Gasteiger partial charge in [-0.05, 0) is 101 Å². The Hall–Kier alpha value is -4.22. The van der Waals surface area contributed by atoms with E-state index in [9.17, 15) is 14.4 Å². The Bertz CT molecular complexity index is 2350. The highest BCUT2D eigenvalue weighted by molar-refractivity contribution is 8.01. The van der Waals surface area contributed by atoms with Crippen LogP contribution >= 0.6 is 46.6 Å². The van der Waals surface area contributed by atoms with Crippen molar-refractivity contribution in [2.75, 3.05) is 24.0 Å². The van der Waals surface area contributed by atoms with Crippen LogP contribution in [0.3, 0.4) is 0 Å². The molecule has 0 radical (unpaired) electrons. The van der Waals surface area contributed by atoms with Gasteiger partial charge in [0.05, 0.1) is 22.1 Å². The number of thioether (sulfide) groups is 1. The largest absolute Gasteiger partial charge is 0.496 e. The Morgan fingerprint density at radius 3 is 1.98 bits per heavy atom. The highest BCUT2D eigenvalue weighted by Gasteiger charge is 2.41. The zero-order valence-corrected chi connectivity index (χ0v) is 40.9. The average molecular weight is 922 g/mol. The smallest absolute Gasteiger partial charge is 0.268 e. The van der Waals surface area contributed by atoms with Gasteiger partial charge in [-0.3, -0.25) is 14.4 Å². The second kappa shape index (κ2) is 19.3. The van der Waals surface area contributed by atoms with E-state index in [0.29, 0.717) is 22.1 Å². The highest BCUT2D eigenvalue weighted by Crippen LogP contribution is 2.45. The molecule has 0 saturated heterocycles. The van der Waals surface area contributed by atoms with Crippen LogP contribution in [0.25, 0.3) is 0 Å². The van der Waals surface area contributed by atoms with Crippen LogP contribution in [0.5, 0.6) is 11.5 Å². The van der Waals surface area contributed by atoms with Gasteiger partial charge in [-0.1, -0.05) is 135 Å². The summed E-state index contributed by atoms with van der Waals surface area (Å²) in [5, 5.41) is 10.9. The SMILES string of the molecule is CCC(C)(C)c1ccc(OCC(=O)Nc2cccc(C(=O)NC3=NN(c4c(Cl)cc(Cl)cc4Cl)C(=O)C3Sc3cc(C(C)(C)CC(C)(C)C)ccc3OC)c2)c(C(C)(C)CC)c1. The molecule has 0 spiro atoms. The number of carbonyl (C=O) groups excluding carboxylic acids is 3. The lowest BCUT2D eigenvalue weighted by Gasteiger charge is -2.33. The van der Waals surface area contributed by atoms with Crippen LogP contribution in [0, 0.1) is 5.41 Å². The van der Waals surface area contributed by atoms with Gasteiger partial charge in [-0.2, -0.15) is 5.01 Å². The van der Waals surface area contributed by atoms with Gasteiger partial charge in [0.1, 0.15) is 17.2 Å². The van der Waals surface area contributed by atoms with E-state index >= 15 is 0 Å². The molecule has 1 aliphatic heterocycles. The van der Waals surface area contributed by atoms with Crippen LogP contribution < -0.4 is 25.1 Å². The minimum absolute atomic E-state index is 0.00829. The molecule has 1 atom stereocenters. The van der Waals surface area contributed by atoms with Gasteiger partial charge in [-0.15, -0.1) is 16.9 Å². The number of methoxy groups -OCH3 is 1. The molecule has 1 aliphatic rings. The van der Waals surface area contributed by atoms with E-state index in [-0.39, 0.29) is 60.4 Å². The highest BCUT2D eigenvalue weighted by atomic mass is 35.5. The van der Waals surface area contributed by atoms with E-state index in [4.69, 9.17) is 44.3 Å².